The van der Waals surface area contributed by atoms with Crippen molar-refractivity contribution in [2.24, 2.45) is 11.8 Å². The first-order chi connectivity index (χ1) is 18.0. The topological polar surface area (TPSA) is 93.7 Å². The first-order valence-electron chi connectivity index (χ1n) is 12.9. The van der Waals surface area contributed by atoms with Crippen LogP contribution in [0.2, 0.25) is 0 Å². The van der Waals surface area contributed by atoms with E-state index in [0.717, 1.165) is 47.3 Å². The second-order valence-corrected chi connectivity index (χ2v) is 9.66. The summed E-state index contributed by atoms with van der Waals surface area (Å²) >= 11 is 0. The molecule has 0 saturated heterocycles. The molecule has 2 heterocycles. The summed E-state index contributed by atoms with van der Waals surface area (Å²) in [6, 6.07) is 13.8. The Morgan fingerprint density at radius 3 is 2.59 bits per heavy atom. The Bertz CT molecular complexity index is 1290. The third kappa shape index (κ3) is 5.43. The normalized spacial score (nSPS) is 20.0. The van der Waals surface area contributed by atoms with Gasteiger partial charge < -0.3 is 14.8 Å². The van der Waals surface area contributed by atoms with Gasteiger partial charge in [-0.1, -0.05) is 38.1 Å². The molecule has 0 radical (unpaired) electrons. The fourth-order valence-corrected chi connectivity index (χ4v) is 4.72. The number of hydrogen-bond acceptors (Lipinski definition) is 6. The first-order valence-corrected chi connectivity index (χ1v) is 12.9. The first kappa shape index (κ1) is 24.7. The lowest BCUT2D eigenvalue weighted by Crippen LogP contribution is -2.45. The number of nitrogens with one attached hydrogen (secondary N) is 1. The van der Waals surface area contributed by atoms with E-state index in [9.17, 15) is 9.59 Å². The van der Waals surface area contributed by atoms with Crippen LogP contribution >= 0.6 is 0 Å². The predicted octanol–water partition coefficient (Wildman–Crippen LogP) is 5.52. The molecular formula is C29H32N4O4. The number of rotatable bonds is 8. The number of anilines is 2. The highest BCUT2D eigenvalue weighted by Crippen LogP contribution is 2.40. The van der Waals surface area contributed by atoms with E-state index in [1.165, 1.54) is 0 Å². The van der Waals surface area contributed by atoms with Crippen LogP contribution in [0.3, 0.4) is 0 Å². The number of hydrogen-bond donors (Lipinski definition) is 1. The van der Waals surface area contributed by atoms with Crippen molar-refractivity contribution in [3.05, 3.63) is 60.4 Å². The zero-order chi connectivity index (χ0) is 25.9. The van der Waals surface area contributed by atoms with Gasteiger partial charge in [0.25, 0.3) is 0 Å². The molecule has 1 saturated carbocycles. The molecule has 2 amide bonds. The summed E-state index contributed by atoms with van der Waals surface area (Å²) in [5.41, 5.74) is 4.35. The maximum Gasteiger partial charge on any atom is 0.326 e. The van der Waals surface area contributed by atoms with E-state index in [1.54, 1.807) is 24.2 Å². The average molecular weight is 501 g/mol. The second kappa shape index (κ2) is 10.6. The third-order valence-corrected chi connectivity index (χ3v) is 7.10. The zero-order valence-corrected chi connectivity index (χ0v) is 21.4. The van der Waals surface area contributed by atoms with Crippen LogP contribution in [0.4, 0.5) is 16.2 Å². The van der Waals surface area contributed by atoms with Gasteiger partial charge in [-0.05, 0) is 55.5 Å². The highest BCUT2D eigenvalue weighted by Gasteiger charge is 2.41. The van der Waals surface area contributed by atoms with Crippen molar-refractivity contribution < 1.29 is 19.1 Å². The number of urea groups is 1. The molecule has 5 rings (SSSR count). The van der Waals surface area contributed by atoms with E-state index in [0.29, 0.717) is 24.9 Å². The molecule has 2 aromatic carbocycles. The number of ether oxygens (including phenoxy) is 2. The summed E-state index contributed by atoms with van der Waals surface area (Å²) < 4.78 is 11.9. The summed E-state index contributed by atoms with van der Waals surface area (Å²) in [6.07, 6.45) is 5.81. The number of fused-ring (bicyclic) bond motifs is 1. The summed E-state index contributed by atoms with van der Waals surface area (Å²) in [7, 11) is 0. The van der Waals surface area contributed by atoms with E-state index in [-0.39, 0.29) is 29.8 Å². The van der Waals surface area contributed by atoms with Crippen LogP contribution < -0.4 is 19.7 Å². The van der Waals surface area contributed by atoms with E-state index < -0.39 is 0 Å². The predicted molar refractivity (Wildman–Crippen MR) is 142 cm³/mol. The van der Waals surface area contributed by atoms with Gasteiger partial charge in [0, 0.05) is 35.5 Å². The average Bonchev–Trinajstić information content (AvgIpc) is 3.72. The van der Waals surface area contributed by atoms with E-state index in [1.807, 2.05) is 42.5 Å². The number of Topliss-reactive ketones (excluding diaryl/α,β-unsaturated/α-hetero) is 1. The van der Waals surface area contributed by atoms with Crippen LogP contribution in [-0.2, 0) is 11.2 Å². The Labute approximate surface area is 217 Å². The molecule has 2 aliphatic rings. The Morgan fingerprint density at radius 2 is 1.89 bits per heavy atom. The van der Waals surface area contributed by atoms with Crippen molar-refractivity contribution in [3.8, 4) is 22.9 Å². The zero-order valence-electron chi connectivity index (χ0n) is 21.4. The maximum atomic E-state index is 13.3. The Hall–Kier alpha value is -3.94. The second-order valence-electron chi connectivity index (χ2n) is 9.66. The highest BCUT2D eigenvalue weighted by molar-refractivity contribution is 6.03. The minimum atomic E-state index is -0.177. The Morgan fingerprint density at radius 1 is 1.11 bits per heavy atom. The molecule has 3 atom stereocenters. The third-order valence-electron chi connectivity index (χ3n) is 7.10. The minimum Gasteiger partial charge on any atom is -0.486 e. The maximum absolute atomic E-state index is 13.3. The van der Waals surface area contributed by atoms with Crippen LogP contribution in [0.25, 0.3) is 11.1 Å². The number of benzene rings is 2. The number of nitrogens with zero attached hydrogens (tertiary/aromatic N) is 3. The molecular weight excluding hydrogens is 468 g/mol. The lowest BCUT2D eigenvalue weighted by molar-refractivity contribution is -0.118. The van der Waals surface area contributed by atoms with E-state index >= 15 is 0 Å². The summed E-state index contributed by atoms with van der Waals surface area (Å²) in [4.78, 5) is 35.2. The molecule has 192 valence electrons. The molecule has 0 spiro atoms. The summed E-state index contributed by atoms with van der Waals surface area (Å²) in [5, 5.41) is 3.08. The molecule has 1 fully saturated rings. The number of aryl methyl sites for hydroxylation is 1. The largest absolute Gasteiger partial charge is 0.486 e. The van der Waals surface area contributed by atoms with Crippen LogP contribution in [0.5, 0.6) is 11.8 Å². The van der Waals surface area contributed by atoms with Crippen LogP contribution in [0, 0.1) is 11.8 Å². The van der Waals surface area contributed by atoms with Crippen LogP contribution in [0.15, 0.2) is 54.9 Å². The molecule has 1 N–H and O–H groups in total. The number of carbonyl (C=O) groups is 2. The molecule has 8 nitrogen and oxygen atoms in total. The summed E-state index contributed by atoms with van der Waals surface area (Å²) in [6.45, 7) is 6.68. The minimum absolute atomic E-state index is 0.108. The monoisotopic (exact) mass is 500 g/mol. The molecule has 1 aliphatic heterocycles. The SMILES string of the molecule is CCc1ccccc1NC(=O)N1CC(CC)Oc2cc(-c3cnc(OCC4CC4C(C)=O)nc3)ccc21. The molecule has 0 bridgehead atoms. The Kier molecular flexibility index (Phi) is 7.08. The van der Waals surface area contributed by atoms with Gasteiger partial charge in [0.1, 0.15) is 17.6 Å². The number of amides is 2. The molecule has 8 heteroatoms. The van der Waals surface area contributed by atoms with Crippen LogP contribution in [-0.4, -0.2) is 41.0 Å². The lowest BCUT2D eigenvalue weighted by Gasteiger charge is -2.35. The van der Waals surface area contributed by atoms with Gasteiger partial charge >= 0.3 is 12.0 Å². The van der Waals surface area contributed by atoms with Gasteiger partial charge in [-0.2, -0.15) is 0 Å². The van der Waals surface area contributed by atoms with Gasteiger partial charge in [0.15, 0.2) is 0 Å². The molecule has 1 aliphatic carbocycles. The highest BCUT2D eigenvalue weighted by atomic mass is 16.5. The van der Waals surface area contributed by atoms with Gasteiger partial charge in [-0.3, -0.25) is 9.69 Å². The lowest BCUT2D eigenvalue weighted by atomic mass is 10.1. The fourth-order valence-electron chi connectivity index (χ4n) is 4.72. The smallest absolute Gasteiger partial charge is 0.326 e. The van der Waals surface area contributed by atoms with Gasteiger partial charge in [-0.15, -0.1) is 0 Å². The van der Waals surface area contributed by atoms with Gasteiger partial charge in [0.05, 0.1) is 18.8 Å². The number of para-hydroxylation sites is 1. The van der Waals surface area contributed by atoms with Crippen molar-refractivity contribution in [1.82, 2.24) is 9.97 Å². The van der Waals surface area contributed by atoms with Crippen molar-refractivity contribution in [3.63, 3.8) is 0 Å². The van der Waals surface area contributed by atoms with Gasteiger partial charge in [-0.25, -0.2) is 14.8 Å². The number of aromatic nitrogens is 2. The van der Waals surface area contributed by atoms with E-state index in [4.69, 9.17) is 9.47 Å². The molecule has 3 unspecified atom stereocenters. The Balaban J connectivity index is 1.31. The van der Waals surface area contributed by atoms with Crippen LogP contribution in [0.1, 0.15) is 39.2 Å². The molecule has 1 aromatic heterocycles. The number of carbonyl (C=O) groups excluding carboxylic acids is 2. The fraction of sp³-hybridized carbons (Fsp3) is 0.379. The summed E-state index contributed by atoms with van der Waals surface area (Å²) in [5.74, 6) is 1.25. The van der Waals surface area contributed by atoms with Crippen molar-refractivity contribution in [1.29, 1.82) is 0 Å². The van der Waals surface area contributed by atoms with Crippen molar-refractivity contribution in [2.75, 3.05) is 23.4 Å². The molecule has 3 aromatic rings. The van der Waals surface area contributed by atoms with Crippen molar-refractivity contribution >= 4 is 23.2 Å². The standard InChI is InChI=1S/C29H32N4O4/c1-4-19-8-6-7-9-25(19)32-29(35)33-16-23(5-2)37-27-13-20(10-11-26(27)33)22-14-30-28(31-15-22)36-17-21-12-24(21)18(3)34/h6-11,13-15,21,23-24H,4-5,12,16-17H2,1-3H3,(H,32,35). The quantitative estimate of drug-likeness (QED) is 0.438. The van der Waals surface area contributed by atoms with Gasteiger partial charge in [0.2, 0.25) is 0 Å². The number of ketones is 1. The molecule has 37 heavy (non-hydrogen) atoms. The van der Waals surface area contributed by atoms with Crippen molar-refractivity contribution in [2.45, 2.75) is 46.1 Å². The van der Waals surface area contributed by atoms with E-state index in [2.05, 4.69) is 29.1 Å².